The minimum Gasteiger partial charge on any atom is -0.493 e. The summed E-state index contributed by atoms with van der Waals surface area (Å²) in [5.74, 6) is -0.238. The molecule has 1 aromatic carbocycles. The molecule has 5 heteroatoms. The Labute approximate surface area is 92.4 Å². The zero-order valence-electron chi connectivity index (χ0n) is 9.07. The molecule has 0 bridgehead atoms. The monoisotopic (exact) mass is 221 g/mol. The Hall–Kier alpha value is -2.04. The Morgan fingerprint density at radius 2 is 2.19 bits per heavy atom. The van der Waals surface area contributed by atoms with Crippen molar-refractivity contribution in [2.45, 2.75) is 0 Å². The molecule has 0 unspecified atom stereocenters. The predicted molar refractivity (Wildman–Crippen MR) is 59.6 cm³/mol. The summed E-state index contributed by atoms with van der Waals surface area (Å²) in [6, 6.07) is 4.70. The number of aryl methyl sites for hydroxylation is 1. The largest absolute Gasteiger partial charge is 0.493 e. The average Bonchev–Trinajstić information content (AvgIpc) is 2.58. The maximum atomic E-state index is 13.5. The molecule has 84 valence electrons. The number of benzene rings is 1. The number of nitrogen functional groups attached to an aromatic ring is 1. The summed E-state index contributed by atoms with van der Waals surface area (Å²) in [6.07, 6.45) is 1.53. The van der Waals surface area contributed by atoms with Gasteiger partial charge in [-0.2, -0.15) is 5.10 Å². The highest BCUT2D eigenvalue weighted by Crippen LogP contribution is 2.34. The SMILES string of the molecule is COc1c(F)cccc1-c1c(N)cnn1C. The number of rotatable bonds is 2. The number of hydrogen-bond donors (Lipinski definition) is 1. The van der Waals surface area contributed by atoms with Crippen molar-refractivity contribution < 1.29 is 9.13 Å². The van der Waals surface area contributed by atoms with Gasteiger partial charge in [-0.3, -0.25) is 4.68 Å². The van der Waals surface area contributed by atoms with Crippen LogP contribution in [0.4, 0.5) is 10.1 Å². The molecule has 0 aliphatic heterocycles. The topological polar surface area (TPSA) is 53.1 Å². The first-order chi connectivity index (χ1) is 7.65. The highest BCUT2D eigenvalue weighted by atomic mass is 19.1. The van der Waals surface area contributed by atoms with E-state index in [0.717, 1.165) is 0 Å². The van der Waals surface area contributed by atoms with E-state index in [1.54, 1.807) is 23.9 Å². The summed E-state index contributed by atoms with van der Waals surface area (Å²) in [5, 5.41) is 4.01. The molecule has 0 spiro atoms. The highest BCUT2D eigenvalue weighted by molar-refractivity contribution is 5.77. The molecule has 1 aromatic heterocycles. The number of methoxy groups -OCH3 is 1. The quantitative estimate of drug-likeness (QED) is 0.841. The van der Waals surface area contributed by atoms with Crippen molar-refractivity contribution >= 4 is 5.69 Å². The van der Waals surface area contributed by atoms with Crippen molar-refractivity contribution in [3.8, 4) is 17.0 Å². The third-order valence-electron chi connectivity index (χ3n) is 2.39. The van der Waals surface area contributed by atoms with Crippen molar-refractivity contribution in [1.82, 2.24) is 9.78 Å². The molecule has 2 aromatic rings. The highest BCUT2D eigenvalue weighted by Gasteiger charge is 2.16. The molecule has 0 saturated heterocycles. The second-order valence-electron chi connectivity index (χ2n) is 3.39. The number of hydrogen-bond acceptors (Lipinski definition) is 3. The van der Waals surface area contributed by atoms with Crippen LogP contribution < -0.4 is 10.5 Å². The van der Waals surface area contributed by atoms with Crippen molar-refractivity contribution in [3.05, 3.63) is 30.2 Å². The van der Waals surface area contributed by atoms with E-state index >= 15 is 0 Å². The number of halogens is 1. The van der Waals surface area contributed by atoms with E-state index in [9.17, 15) is 4.39 Å². The molecule has 0 aliphatic carbocycles. The molecule has 0 aliphatic rings. The standard InChI is InChI=1S/C11H12FN3O/c1-15-10(9(13)6-14-15)7-4-3-5-8(12)11(7)16-2/h3-6H,13H2,1-2H3. The number of anilines is 1. The first-order valence-corrected chi connectivity index (χ1v) is 4.75. The van der Waals surface area contributed by atoms with Crippen molar-refractivity contribution in [1.29, 1.82) is 0 Å². The summed E-state index contributed by atoms with van der Waals surface area (Å²) in [7, 11) is 3.17. The number of aromatic nitrogens is 2. The summed E-state index contributed by atoms with van der Waals surface area (Å²) in [4.78, 5) is 0. The molecule has 1 heterocycles. The van der Waals surface area contributed by atoms with E-state index in [1.165, 1.54) is 19.4 Å². The van der Waals surface area contributed by atoms with Gasteiger partial charge in [0.15, 0.2) is 11.6 Å². The fourth-order valence-corrected chi connectivity index (χ4v) is 1.69. The Bertz CT molecular complexity index is 502. The van der Waals surface area contributed by atoms with Crippen molar-refractivity contribution in [2.24, 2.45) is 7.05 Å². The van der Waals surface area contributed by atoms with Gasteiger partial charge < -0.3 is 10.5 Å². The van der Waals surface area contributed by atoms with E-state index in [1.807, 2.05) is 0 Å². The Kier molecular flexibility index (Phi) is 2.52. The van der Waals surface area contributed by atoms with Crippen LogP contribution in [0.15, 0.2) is 24.4 Å². The zero-order chi connectivity index (χ0) is 11.7. The van der Waals surface area contributed by atoms with E-state index in [0.29, 0.717) is 16.9 Å². The van der Waals surface area contributed by atoms with E-state index < -0.39 is 5.82 Å². The van der Waals surface area contributed by atoms with Gasteiger partial charge in [-0.25, -0.2) is 4.39 Å². The summed E-state index contributed by atoms with van der Waals surface area (Å²) in [5.41, 5.74) is 7.52. The van der Waals surface area contributed by atoms with Crippen LogP contribution in [0.2, 0.25) is 0 Å². The van der Waals surface area contributed by atoms with Crippen molar-refractivity contribution in [2.75, 3.05) is 12.8 Å². The molecule has 0 radical (unpaired) electrons. The molecule has 0 fully saturated rings. The molecule has 2 rings (SSSR count). The van der Waals surface area contributed by atoms with E-state index in [4.69, 9.17) is 10.5 Å². The second kappa shape index (κ2) is 3.84. The smallest absolute Gasteiger partial charge is 0.165 e. The first kappa shape index (κ1) is 10.5. The Morgan fingerprint density at radius 3 is 2.75 bits per heavy atom. The lowest BCUT2D eigenvalue weighted by Gasteiger charge is -2.10. The Morgan fingerprint density at radius 1 is 1.44 bits per heavy atom. The summed E-state index contributed by atoms with van der Waals surface area (Å²) >= 11 is 0. The number of nitrogens with two attached hydrogens (primary N) is 1. The zero-order valence-corrected chi connectivity index (χ0v) is 9.07. The van der Waals surface area contributed by atoms with Gasteiger partial charge in [0.1, 0.15) is 0 Å². The summed E-state index contributed by atoms with van der Waals surface area (Å²) < 4.78 is 20.1. The molecular weight excluding hydrogens is 209 g/mol. The molecule has 16 heavy (non-hydrogen) atoms. The third kappa shape index (κ3) is 1.50. The average molecular weight is 221 g/mol. The van der Waals surface area contributed by atoms with Crippen LogP contribution in [0.3, 0.4) is 0 Å². The van der Waals surface area contributed by atoms with Crippen LogP contribution >= 0.6 is 0 Å². The molecule has 4 nitrogen and oxygen atoms in total. The lowest BCUT2D eigenvalue weighted by molar-refractivity contribution is 0.388. The van der Waals surface area contributed by atoms with Crippen LogP contribution in [0, 0.1) is 5.82 Å². The predicted octanol–water partition coefficient (Wildman–Crippen LogP) is 1.82. The maximum Gasteiger partial charge on any atom is 0.165 e. The normalized spacial score (nSPS) is 10.4. The molecule has 0 amide bonds. The maximum absolute atomic E-state index is 13.5. The van der Waals surface area contributed by atoms with Gasteiger partial charge in [0.05, 0.1) is 24.7 Å². The first-order valence-electron chi connectivity index (χ1n) is 4.75. The van der Waals surface area contributed by atoms with Crippen LogP contribution in [-0.2, 0) is 7.05 Å². The lowest BCUT2D eigenvalue weighted by atomic mass is 10.1. The molecular formula is C11H12FN3O. The van der Waals surface area contributed by atoms with Gasteiger partial charge in [0, 0.05) is 12.6 Å². The van der Waals surface area contributed by atoms with Crippen LogP contribution in [0.5, 0.6) is 5.75 Å². The fraction of sp³-hybridized carbons (Fsp3) is 0.182. The van der Waals surface area contributed by atoms with Gasteiger partial charge in [-0.15, -0.1) is 0 Å². The minimum absolute atomic E-state index is 0.179. The molecule has 2 N–H and O–H groups in total. The number of ether oxygens (including phenoxy) is 1. The summed E-state index contributed by atoms with van der Waals surface area (Å²) in [6.45, 7) is 0. The lowest BCUT2D eigenvalue weighted by Crippen LogP contribution is -1.99. The van der Waals surface area contributed by atoms with Gasteiger partial charge in [-0.05, 0) is 12.1 Å². The van der Waals surface area contributed by atoms with Gasteiger partial charge in [0.2, 0.25) is 0 Å². The van der Waals surface area contributed by atoms with Crippen molar-refractivity contribution in [3.63, 3.8) is 0 Å². The Balaban J connectivity index is 2.69. The minimum atomic E-state index is -0.416. The van der Waals surface area contributed by atoms with Gasteiger partial charge in [0.25, 0.3) is 0 Å². The van der Waals surface area contributed by atoms with Crippen LogP contribution in [0.25, 0.3) is 11.3 Å². The fourth-order valence-electron chi connectivity index (χ4n) is 1.69. The molecule has 0 saturated carbocycles. The number of para-hydroxylation sites is 1. The second-order valence-corrected chi connectivity index (χ2v) is 3.39. The molecule has 0 atom stereocenters. The van der Waals surface area contributed by atoms with Gasteiger partial charge >= 0.3 is 0 Å². The van der Waals surface area contributed by atoms with Gasteiger partial charge in [-0.1, -0.05) is 6.07 Å². The van der Waals surface area contributed by atoms with E-state index in [-0.39, 0.29) is 5.75 Å². The van der Waals surface area contributed by atoms with Crippen LogP contribution in [0.1, 0.15) is 0 Å². The van der Waals surface area contributed by atoms with E-state index in [2.05, 4.69) is 5.10 Å². The number of nitrogens with zero attached hydrogens (tertiary/aromatic N) is 2. The van der Waals surface area contributed by atoms with Crippen LogP contribution in [-0.4, -0.2) is 16.9 Å². The third-order valence-corrected chi connectivity index (χ3v) is 2.39.